The van der Waals surface area contributed by atoms with E-state index >= 15 is 0 Å². The van der Waals surface area contributed by atoms with Crippen molar-refractivity contribution >= 4 is 16.7 Å². The molecule has 1 aliphatic rings. The van der Waals surface area contributed by atoms with Crippen molar-refractivity contribution in [1.29, 1.82) is 0 Å². The van der Waals surface area contributed by atoms with Gasteiger partial charge in [-0.15, -0.1) is 5.10 Å². The standard InChI is InChI=1S/C21H22N8O/c1-28-13-20(26-27-28)14-2-3-19-15(8-14)9-17(24-25-19)10-21(30)16-11-23-29(12-16)18-4-6-22-7-5-18/h2-3,8-9,11-13,18,22H,4-7,10H2,1H3. The molecule has 1 saturated heterocycles. The molecule has 9 nitrogen and oxygen atoms in total. The predicted molar refractivity (Wildman–Crippen MR) is 111 cm³/mol. The third-order valence-corrected chi connectivity index (χ3v) is 5.48. The topological polar surface area (TPSA) is 103 Å². The number of rotatable bonds is 5. The molecule has 0 spiro atoms. The molecule has 4 aromatic rings. The van der Waals surface area contributed by atoms with Crippen LogP contribution in [-0.4, -0.2) is 53.8 Å². The Morgan fingerprint density at radius 1 is 1.13 bits per heavy atom. The van der Waals surface area contributed by atoms with Crippen LogP contribution in [0.1, 0.15) is 34.9 Å². The maximum absolute atomic E-state index is 12.8. The number of hydrogen-bond donors (Lipinski definition) is 1. The van der Waals surface area contributed by atoms with Crippen LogP contribution in [0.25, 0.3) is 22.2 Å². The third kappa shape index (κ3) is 3.71. The zero-order valence-electron chi connectivity index (χ0n) is 16.7. The summed E-state index contributed by atoms with van der Waals surface area (Å²) < 4.78 is 3.59. The predicted octanol–water partition coefficient (Wildman–Crippen LogP) is 1.97. The molecule has 0 unspecified atom stereocenters. The Morgan fingerprint density at radius 3 is 2.80 bits per heavy atom. The van der Waals surface area contributed by atoms with Gasteiger partial charge in [-0.1, -0.05) is 11.3 Å². The highest BCUT2D eigenvalue weighted by Crippen LogP contribution is 2.22. The molecule has 0 aliphatic carbocycles. The van der Waals surface area contributed by atoms with E-state index in [4.69, 9.17) is 0 Å². The molecular formula is C21H22N8O. The molecule has 152 valence electrons. The molecule has 0 radical (unpaired) electrons. The highest BCUT2D eigenvalue weighted by atomic mass is 16.1. The average Bonchev–Trinajstić information content (AvgIpc) is 3.43. The molecule has 30 heavy (non-hydrogen) atoms. The van der Waals surface area contributed by atoms with Gasteiger partial charge in [-0.3, -0.25) is 14.2 Å². The Labute approximate surface area is 173 Å². The number of Topliss-reactive ketones (excluding diaryl/α,β-unsaturated/α-hetero) is 1. The van der Waals surface area contributed by atoms with Crippen LogP contribution in [0.4, 0.5) is 0 Å². The van der Waals surface area contributed by atoms with Gasteiger partial charge in [0.15, 0.2) is 5.78 Å². The van der Waals surface area contributed by atoms with Crippen LogP contribution < -0.4 is 5.32 Å². The largest absolute Gasteiger partial charge is 0.317 e. The molecule has 4 heterocycles. The van der Waals surface area contributed by atoms with Crippen molar-refractivity contribution in [2.45, 2.75) is 25.3 Å². The molecule has 0 amide bonds. The number of fused-ring (bicyclic) bond motifs is 1. The first-order chi connectivity index (χ1) is 14.7. The first kappa shape index (κ1) is 18.6. The van der Waals surface area contributed by atoms with Crippen LogP contribution in [0.15, 0.2) is 42.9 Å². The van der Waals surface area contributed by atoms with Crippen LogP contribution in [0.3, 0.4) is 0 Å². The number of carbonyl (C=O) groups excluding carboxylic acids is 1. The highest BCUT2D eigenvalue weighted by Gasteiger charge is 2.18. The molecular weight excluding hydrogens is 380 g/mol. The van der Waals surface area contributed by atoms with Gasteiger partial charge in [0, 0.05) is 24.2 Å². The first-order valence-corrected chi connectivity index (χ1v) is 10.1. The highest BCUT2D eigenvalue weighted by molar-refractivity contribution is 5.97. The summed E-state index contributed by atoms with van der Waals surface area (Å²) >= 11 is 0. The van der Waals surface area contributed by atoms with E-state index in [1.165, 1.54) is 0 Å². The lowest BCUT2D eigenvalue weighted by molar-refractivity contribution is 0.0991. The van der Waals surface area contributed by atoms with Crippen LogP contribution in [0, 0.1) is 0 Å². The molecule has 5 rings (SSSR count). The third-order valence-electron chi connectivity index (χ3n) is 5.48. The van der Waals surface area contributed by atoms with Gasteiger partial charge in [-0.25, -0.2) is 0 Å². The number of aryl methyl sites for hydroxylation is 1. The minimum absolute atomic E-state index is 0.00563. The molecule has 1 fully saturated rings. The van der Waals surface area contributed by atoms with E-state index in [0.29, 0.717) is 17.3 Å². The maximum Gasteiger partial charge on any atom is 0.172 e. The minimum Gasteiger partial charge on any atom is -0.317 e. The molecule has 1 aromatic carbocycles. The average molecular weight is 402 g/mol. The van der Waals surface area contributed by atoms with Crippen LogP contribution in [-0.2, 0) is 13.5 Å². The lowest BCUT2D eigenvalue weighted by atomic mass is 10.1. The van der Waals surface area contributed by atoms with Crippen molar-refractivity contribution in [2.75, 3.05) is 13.1 Å². The van der Waals surface area contributed by atoms with Crippen LogP contribution in [0.5, 0.6) is 0 Å². The number of benzene rings is 1. The van der Waals surface area contributed by atoms with Crippen molar-refractivity contribution in [3.63, 3.8) is 0 Å². The number of nitrogens with zero attached hydrogens (tertiary/aromatic N) is 7. The second kappa shape index (κ2) is 7.75. The Balaban J connectivity index is 1.35. The van der Waals surface area contributed by atoms with Gasteiger partial charge >= 0.3 is 0 Å². The second-order valence-corrected chi connectivity index (χ2v) is 7.68. The summed E-state index contributed by atoms with van der Waals surface area (Å²) in [6, 6.07) is 8.11. The lowest BCUT2D eigenvalue weighted by Crippen LogP contribution is -2.29. The van der Waals surface area contributed by atoms with Crippen molar-refractivity contribution in [3.8, 4) is 11.3 Å². The number of aromatic nitrogens is 7. The maximum atomic E-state index is 12.8. The quantitative estimate of drug-likeness (QED) is 0.509. The number of nitrogens with one attached hydrogen (secondary N) is 1. The van der Waals surface area contributed by atoms with Crippen molar-refractivity contribution in [2.24, 2.45) is 7.05 Å². The van der Waals surface area contributed by atoms with Crippen molar-refractivity contribution in [1.82, 2.24) is 40.3 Å². The van der Waals surface area contributed by atoms with E-state index in [9.17, 15) is 4.79 Å². The molecule has 0 atom stereocenters. The number of ketones is 1. The molecule has 0 saturated carbocycles. The van der Waals surface area contributed by atoms with E-state index in [1.54, 1.807) is 10.9 Å². The summed E-state index contributed by atoms with van der Waals surface area (Å²) in [5, 5.41) is 25.3. The number of hydrogen-bond acceptors (Lipinski definition) is 7. The number of piperidine rings is 1. The molecule has 1 N–H and O–H groups in total. The van der Waals surface area contributed by atoms with E-state index in [-0.39, 0.29) is 12.2 Å². The molecule has 9 heteroatoms. The van der Waals surface area contributed by atoms with Crippen LogP contribution >= 0.6 is 0 Å². The van der Waals surface area contributed by atoms with Gasteiger partial charge in [0.25, 0.3) is 0 Å². The zero-order valence-corrected chi connectivity index (χ0v) is 16.7. The van der Waals surface area contributed by atoms with Gasteiger partial charge in [0.1, 0.15) is 5.69 Å². The Kier molecular flexibility index (Phi) is 4.80. The second-order valence-electron chi connectivity index (χ2n) is 7.68. The SMILES string of the molecule is Cn1cc(-c2ccc3nnc(CC(=O)c4cnn(C5CCNCC5)c4)cc3c2)nn1. The van der Waals surface area contributed by atoms with Gasteiger partial charge in [-0.05, 0) is 44.1 Å². The fraction of sp³-hybridized carbons (Fsp3) is 0.333. The van der Waals surface area contributed by atoms with Gasteiger partial charge in [0.05, 0.1) is 41.6 Å². The number of carbonyl (C=O) groups is 1. The smallest absolute Gasteiger partial charge is 0.172 e. The Hall–Kier alpha value is -3.46. The van der Waals surface area contributed by atoms with Gasteiger partial charge < -0.3 is 5.32 Å². The lowest BCUT2D eigenvalue weighted by Gasteiger charge is -2.22. The Morgan fingerprint density at radius 2 is 2.00 bits per heavy atom. The van der Waals surface area contributed by atoms with Crippen molar-refractivity contribution < 1.29 is 4.79 Å². The minimum atomic E-state index is -0.00563. The molecule has 0 bridgehead atoms. The monoisotopic (exact) mass is 402 g/mol. The van der Waals surface area contributed by atoms with Gasteiger partial charge in [0.2, 0.25) is 0 Å². The summed E-state index contributed by atoms with van der Waals surface area (Å²) in [5.41, 5.74) is 3.77. The van der Waals surface area contributed by atoms with Crippen LogP contribution in [0.2, 0.25) is 0 Å². The van der Waals surface area contributed by atoms with Gasteiger partial charge in [-0.2, -0.15) is 15.3 Å². The van der Waals surface area contributed by atoms with E-state index in [1.807, 2.05) is 48.4 Å². The summed E-state index contributed by atoms with van der Waals surface area (Å²) in [4.78, 5) is 12.8. The summed E-state index contributed by atoms with van der Waals surface area (Å²) in [7, 11) is 1.83. The summed E-state index contributed by atoms with van der Waals surface area (Å²) in [6.07, 6.45) is 7.62. The van der Waals surface area contributed by atoms with E-state index < -0.39 is 0 Å². The molecule has 1 aliphatic heterocycles. The Bertz CT molecular complexity index is 1200. The molecule has 3 aromatic heterocycles. The van der Waals surface area contributed by atoms with E-state index in [2.05, 4.69) is 30.9 Å². The summed E-state index contributed by atoms with van der Waals surface area (Å²) in [5.74, 6) is -0.00563. The zero-order chi connectivity index (χ0) is 20.5. The normalized spacial score (nSPS) is 15.0. The summed E-state index contributed by atoms with van der Waals surface area (Å²) in [6.45, 7) is 1.97. The van der Waals surface area contributed by atoms with Crippen molar-refractivity contribution in [3.05, 3.63) is 54.1 Å². The van der Waals surface area contributed by atoms with E-state index in [0.717, 1.165) is 48.1 Å². The fourth-order valence-electron chi connectivity index (χ4n) is 3.83. The fourth-order valence-corrected chi connectivity index (χ4v) is 3.83. The first-order valence-electron chi connectivity index (χ1n) is 10.1.